The van der Waals surface area contributed by atoms with Gasteiger partial charge in [-0.05, 0) is 12.1 Å². The molecule has 92 valence electrons. The molecule has 1 unspecified atom stereocenters. The first-order valence-electron chi connectivity index (χ1n) is 5.26. The summed E-state index contributed by atoms with van der Waals surface area (Å²) in [6.07, 6.45) is -0.172. The third kappa shape index (κ3) is 1.91. The Bertz CT molecular complexity index is 565. The minimum absolute atomic E-state index is 0.0226. The molecule has 1 saturated heterocycles. The summed E-state index contributed by atoms with van der Waals surface area (Å²) in [7, 11) is 0. The van der Waals surface area contributed by atoms with Gasteiger partial charge < -0.3 is 10.0 Å². The Kier molecular flexibility index (Phi) is 2.98. The fraction of sp³-hybridized carbons (Fsp3) is 0.250. The van der Waals surface area contributed by atoms with Gasteiger partial charge in [-0.2, -0.15) is 5.26 Å². The molecule has 0 saturated carbocycles. The van der Waals surface area contributed by atoms with Gasteiger partial charge in [0.1, 0.15) is 11.9 Å². The van der Waals surface area contributed by atoms with E-state index < -0.39 is 23.6 Å². The van der Waals surface area contributed by atoms with Crippen LogP contribution in [-0.4, -0.2) is 23.5 Å². The summed E-state index contributed by atoms with van der Waals surface area (Å²) >= 11 is 0. The molecular formula is C12H9FN2O3. The Balaban J connectivity index is 2.42. The fourth-order valence-corrected chi connectivity index (χ4v) is 1.97. The molecule has 0 spiro atoms. The highest BCUT2D eigenvalue weighted by Gasteiger charge is 2.37. The summed E-state index contributed by atoms with van der Waals surface area (Å²) in [5.74, 6) is -3.14. The molecule has 1 amide bonds. The molecule has 1 N–H and O–H groups in total. The quantitative estimate of drug-likeness (QED) is 0.850. The first-order chi connectivity index (χ1) is 8.54. The molecule has 1 aromatic carbocycles. The number of carboxylic acids is 1. The normalized spacial score (nSPS) is 18.8. The molecule has 1 aliphatic heterocycles. The van der Waals surface area contributed by atoms with E-state index in [1.807, 2.05) is 0 Å². The molecule has 0 radical (unpaired) electrons. The first kappa shape index (κ1) is 12.0. The van der Waals surface area contributed by atoms with Crippen molar-refractivity contribution in [2.75, 3.05) is 11.4 Å². The summed E-state index contributed by atoms with van der Waals surface area (Å²) in [6, 6.07) is 5.69. The van der Waals surface area contributed by atoms with E-state index in [2.05, 4.69) is 0 Å². The second-order valence-electron chi connectivity index (χ2n) is 3.99. The Labute approximate surface area is 102 Å². The number of hydrogen-bond donors (Lipinski definition) is 1. The molecule has 1 aromatic rings. The summed E-state index contributed by atoms with van der Waals surface area (Å²) in [6.45, 7) is -0.107. The van der Waals surface area contributed by atoms with Gasteiger partial charge in [0.2, 0.25) is 5.91 Å². The number of carbonyl (C=O) groups excluding carboxylic acids is 1. The molecule has 18 heavy (non-hydrogen) atoms. The van der Waals surface area contributed by atoms with Crippen LogP contribution in [0.2, 0.25) is 0 Å². The van der Waals surface area contributed by atoms with Crippen molar-refractivity contribution in [2.45, 2.75) is 6.42 Å². The Morgan fingerprint density at radius 1 is 1.56 bits per heavy atom. The zero-order valence-electron chi connectivity index (χ0n) is 9.26. The lowest BCUT2D eigenvalue weighted by molar-refractivity contribution is -0.141. The number of carbonyl (C=O) groups is 2. The Morgan fingerprint density at radius 3 is 2.83 bits per heavy atom. The van der Waals surface area contributed by atoms with E-state index in [0.717, 1.165) is 11.0 Å². The van der Waals surface area contributed by atoms with Gasteiger partial charge in [-0.3, -0.25) is 9.59 Å². The molecule has 1 atom stereocenters. The van der Waals surface area contributed by atoms with Crippen LogP contribution in [0.15, 0.2) is 18.2 Å². The van der Waals surface area contributed by atoms with Crippen LogP contribution in [-0.2, 0) is 9.59 Å². The number of anilines is 1. The number of amides is 1. The second-order valence-corrected chi connectivity index (χ2v) is 3.99. The van der Waals surface area contributed by atoms with Crippen molar-refractivity contribution in [3.8, 4) is 6.07 Å². The van der Waals surface area contributed by atoms with Crippen molar-refractivity contribution in [1.82, 2.24) is 0 Å². The minimum atomic E-state index is -1.10. The van der Waals surface area contributed by atoms with Gasteiger partial charge in [0, 0.05) is 13.0 Å². The van der Waals surface area contributed by atoms with E-state index >= 15 is 0 Å². The number of hydrogen-bond acceptors (Lipinski definition) is 3. The predicted molar refractivity (Wildman–Crippen MR) is 59.2 cm³/mol. The number of benzene rings is 1. The van der Waals surface area contributed by atoms with Crippen molar-refractivity contribution in [2.24, 2.45) is 5.92 Å². The fourth-order valence-electron chi connectivity index (χ4n) is 1.97. The zero-order valence-corrected chi connectivity index (χ0v) is 9.26. The molecule has 1 heterocycles. The smallest absolute Gasteiger partial charge is 0.308 e. The Morgan fingerprint density at radius 2 is 2.28 bits per heavy atom. The lowest BCUT2D eigenvalue weighted by Crippen LogP contribution is -2.27. The standard InChI is InChI=1S/C12H9FN2O3/c13-9-3-1-2-7(5-14)11(9)15-6-8(12(17)18)4-10(15)16/h1-3,8H,4,6H2,(H,17,18). The molecule has 1 aliphatic rings. The van der Waals surface area contributed by atoms with Crippen LogP contribution in [0.5, 0.6) is 0 Å². The number of nitriles is 1. The van der Waals surface area contributed by atoms with Crippen molar-refractivity contribution in [3.05, 3.63) is 29.6 Å². The molecule has 5 nitrogen and oxygen atoms in total. The number of carboxylic acid groups (broad SMARTS) is 1. The van der Waals surface area contributed by atoms with Gasteiger partial charge in [-0.25, -0.2) is 4.39 Å². The van der Waals surface area contributed by atoms with Crippen LogP contribution < -0.4 is 4.90 Å². The van der Waals surface area contributed by atoms with Gasteiger partial charge in [0.05, 0.1) is 17.2 Å². The van der Waals surface area contributed by atoms with Crippen molar-refractivity contribution < 1.29 is 19.1 Å². The van der Waals surface area contributed by atoms with Crippen LogP contribution in [0.3, 0.4) is 0 Å². The third-order valence-corrected chi connectivity index (χ3v) is 2.85. The molecule has 0 aliphatic carbocycles. The highest BCUT2D eigenvalue weighted by atomic mass is 19.1. The van der Waals surface area contributed by atoms with Crippen molar-refractivity contribution in [1.29, 1.82) is 5.26 Å². The molecule has 0 aromatic heterocycles. The van der Waals surface area contributed by atoms with E-state index in [0.29, 0.717) is 0 Å². The van der Waals surface area contributed by atoms with Crippen LogP contribution >= 0.6 is 0 Å². The molecule has 6 heteroatoms. The maximum atomic E-state index is 13.7. The van der Waals surface area contributed by atoms with Gasteiger partial charge in [-0.15, -0.1) is 0 Å². The van der Waals surface area contributed by atoms with Crippen LogP contribution in [0.1, 0.15) is 12.0 Å². The van der Waals surface area contributed by atoms with Gasteiger partial charge in [-0.1, -0.05) is 6.07 Å². The van der Waals surface area contributed by atoms with Crippen LogP contribution in [0.25, 0.3) is 0 Å². The largest absolute Gasteiger partial charge is 0.481 e. The Hall–Kier alpha value is -2.42. The van der Waals surface area contributed by atoms with Crippen molar-refractivity contribution in [3.63, 3.8) is 0 Å². The van der Waals surface area contributed by atoms with Gasteiger partial charge in [0.25, 0.3) is 0 Å². The summed E-state index contributed by atoms with van der Waals surface area (Å²) < 4.78 is 13.7. The monoisotopic (exact) mass is 248 g/mol. The van der Waals surface area contributed by atoms with E-state index in [1.165, 1.54) is 12.1 Å². The topological polar surface area (TPSA) is 81.4 Å². The lowest BCUT2D eigenvalue weighted by Gasteiger charge is -2.18. The van der Waals surface area contributed by atoms with E-state index in [-0.39, 0.29) is 24.2 Å². The number of aliphatic carboxylic acids is 1. The highest BCUT2D eigenvalue weighted by Crippen LogP contribution is 2.30. The van der Waals surface area contributed by atoms with E-state index in [9.17, 15) is 14.0 Å². The summed E-state index contributed by atoms with van der Waals surface area (Å²) in [4.78, 5) is 23.6. The molecule has 1 fully saturated rings. The number of nitrogens with zero attached hydrogens (tertiary/aromatic N) is 2. The lowest BCUT2D eigenvalue weighted by atomic mass is 10.1. The number of rotatable bonds is 2. The average Bonchev–Trinajstić information content (AvgIpc) is 2.71. The predicted octanol–water partition coefficient (Wildman–Crippen LogP) is 1.13. The van der Waals surface area contributed by atoms with Gasteiger partial charge in [0.15, 0.2) is 0 Å². The second kappa shape index (κ2) is 4.45. The van der Waals surface area contributed by atoms with Crippen LogP contribution in [0, 0.1) is 23.1 Å². The van der Waals surface area contributed by atoms with E-state index in [1.54, 1.807) is 6.07 Å². The maximum Gasteiger partial charge on any atom is 0.308 e. The minimum Gasteiger partial charge on any atom is -0.481 e. The van der Waals surface area contributed by atoms with Crippen molar-refractivity contribution >= 4 is 17.6 Å². The zero-order chi connectivity index (χ0) is 13.3. The summed E-state index contributed by atoms with van der Waals surface area (Å²) in [5.41, 5.74) is -0.108. The third-order valence-electron chi connectivity index (χ3n) is 2.85. The molecule has 0 bridgehead atoms. The van der Waals surface area contributed by atoms with Crippen LogP contribution in [0.4, 0.5) is 10.1 Å². The highest BCUT2D eigenvalue weighted by molar-refractivity contribution is 6.00. The maximum absolute atomic E-state index is 13.7. The van der Waals surface area contributed by atoms with E-state index in [4.69, 9.17) is 10.4 Å². The SMILES string of the molecule is N#Cc1cccc(F)c1N1CC(C(=O)O)CC1=O. The number of halogens is 1. The molecule has 2 rings (SSSR count). The molecular weight excluding hydrogens is 239 g/mol. The first-order valence-corrected chi connectivity index (χ1v) is 5.26. The van der Waals surface area contributed by atoms with Gasteiger partial charge >= 0.3 is 5.97 Å². The average molecular weight is 248 g/mol. The summed E-state index contributed by atoms with van der Waals surface area (Å²) in [5, 5.41) is 17.7. The number of para-hydroxylation sites is 1.